The Hall–Kier alpha value is -3.15. The van der Waals surface area contributed by atoms with Crippen molar-refractivity contribution in [2.75, 3.05) is 36.0 Å². The standard InChI is InChI=1S/C27H31N3O3/c1-18-6-5-9-24(19(18)2)28-14-16-29(17-15-28)25(31)20-10-12-21(13-11-20)30-26(32)22-7-3-4-8-23(22)27(30)33/h5-6,9-13,22-23H,3-4,7-8,14-17H2,1-2H3. The van der Waals surface area contributed by atoms with E-state index >= 15 is 0 Å². The third-order valence-corrected chi connectivity index (χ3v) is 7.70. The van der Waals surface area contributed by atoms with Gasteiger partial charge < -0.3 is 9.80 Å². The minimum Gasteiger partial charge on any atom is -0.368 e. The smallest absolute Gasteiger partial charge is 0.253 e. The zero-order chi connectivity index (χ0) is 23.1. The molecule has 1 saturated carbocycles. The maximum absolute atomic E-state index is 13.1. The van der Waals surface area contributed by atoms with E-state index in [9.17, 15) is 14.4 Å². The van der Waals surface area contributed by atoms with Crippen LogP contribution in [0.1, 0.15) is 47.2 Å². The summed E-state index contributed by atoms with van der Waals surface area (Å²) in [6, 6.07) is 13.3. The number of amides is 3. The molecule has 2 atom stereocenters. The van der Waals surface area contributed by atoms with E-state index in [2.05, 4.69) is 36.9 Å². The quantitative estimate of drug-likeness (QED) is 0.672. The van der Waals surface area contributed by atoms with Crippen molar-refractivity contribution in [3.8, 4) is 0 Å². The number of aryl methyl sites for hydroxylation is 1. The van der Waals surface area contributed by atoms with E-state index in [0.717, 1.165) is 38.8 Å². The average Bonchev–Trinajstić information content (AvgIpc) is 3.11. The first-order valence-corrected chi connectivity index (χ1v) is 12.0. The van der Waals surface area contributed by atoms with Crippen molar-refractivity contribution < 1.29 is 14.4 Å². The van der Waals surface area contributed by atoms with Gasteiger partial charge in [0, 0.05) is 37.4 Å². The molecule has 2 aromatic carbocycles. The fourth-order valence-electron chi connectivity index (χ4n) is 5.58. The maximum atomic E-state index is 13.1. The lowest BCUT2D eigenvalue weighted by atomic mass is 9.81. The van der Waals surface area contributed by atoms with E-state index in [1.165, 1.54) is 21.7 Å². The summed E-state index contributed by atoms with van der Waals surface area (Å²) < 4.78 is 0. The van der Waals surface area contributed by atoms with E-state index < -0.39 is 0 Å². The number of hydrogen-bond acceptors (Lipinski definition) is 4. The second kappa shape index (κ2) is 8.65. The third kappa shape index (κ3) is 3.81. The summed E-state index contributed by atoms with van der Waals surface area (Å²) in [5.41, 5.74) is 4.98. The molecule has 3 amide bonds. The predicted octanol–water partition coefficient (Wildman–Crippen LogP) is 3.95. The molecule has 0 spiro atoms. The second-order valence-corrected chi connectivity index (χ2v) is 9.55. The van der Waals surface area contributed by atoms with Gasteiger partial charge in [0.05, 0.1) is 17.5 Å². The van der Waals surface area contributed by atoms with E-state index in [4.69, 9.17) is 0 Å². The Bertz CT molecular complexity index is 1060. The monoisotopic (exact) mass is 445 g/mol. The van der Waals surface area contributed by atoms with Crippen LogP contribution in [0.2, 0.25) is 0 Å². The van der Waals surface area contributed by atoms with Crippen LogP contribution in [0.4, 0.5) is 11.4 Å². The Kier molecular flexibility index (Phi) is 5.69. The van der Waals surface area contributed by atoms with Crippen molar-refractivity contribution in [2.45, 2.75) is 39.5 Å². The molecule has 0 aromatic heterocycles. The Morgan fingerprint density at radius 2 is 1.42 bits per heavy atom. The summed E-state index contributed by atoms with van der Waals surface area (Å²) in [6.07, 6.45) is 3.63. The largest absolute Gasteiger partial charge is 0.368 e. The molecule has 2 unspecified atom stereocenters. The van der Waals surface area contributed by atoms with Crippen molar-refractivity contribution in [1.29, 1.82) is 0 Å². The molecule has 33 heavy (non-hydrogen) atoms. The Morgan fingerprint density at radius 3 is 2.03 bits per heavy atom. The zero-order valence-electron chi connectivity index (χ0n) is 19.4. The number of fused-ring (bicyclic) bond motifs is 1. The number of piperazine rings is 1. The lowest BCUT2D eigenvalue weighted by Crippen LogP contribution is -2.49. The van der Waals surface area contributed by atoms with Crippen molar-refractivity contribution in [3.63, 3.8) is 0 Å². The molecule has 2 aromatic rings. The number of carbonyl (C=O) groups is 3. The Morgan fingerprint density at radius 1 is 0.818 bits per heavy atom. The van der Waals surface area contributed by atoms with Crippen LogP contribution in [0, 0.1) is 25.7 Å². The second-order valence-electron chi connectivity index (χ2n) is 9.55. The van der Waals surface area contributed by atoms with Gasteiger partial charge in [-0.05, 0) is 68.1 Å². The van der Waals surface area contributed by atoms with Gasteiger partial charge in [-0.2, -0.15) is 0 Å². The van der Waals surface area contributed by atoms with Crippen molar-refractivity contribution in [1.82, 2.24) is 4.90 Å². The number of rotatable bonds is 3. The normalized spacial score (nSPS) is 23.2. The van der Waals surface area contributed by atoms with Crippen LogP contribution in [-0.4, -0.2) is 48.8 Å². The van der Waals surface area contributed by atoms with Crippen LogP contribution in [0.25, 0.3) is 0 Å². The lowest BCUT2D eigenvalue weighted by Gasteiger charge is -2.37. The molecule has 0 bridgehead atoms. The van der Waals surface area contributed by atoms with Gasteiger partial charge in [0.15, 0.2) is 0 Å². The van der Waals surface area contributed by atoms with Gasteiger partial charge in [-0.3, -0.25) is 19.3 Å². The molecule has 2 heterocycles. The number of imide groups is 1. The number of benzene rings is 2. The number of hydrogen-bond donors (Lipinski definition) is 0. The SMILES string of the molecule is Cc1cccc(N2CCN(C(=O)c3ccc(N4C(=O)C5CCCCC5C4=O)cc3)CC2)c1C. The first-order valence-electron chi connectivity index (χ1n) is 12.0. The summed E-state index contributed by atoms with van der Waals surface area (Å²) in [4.78, 5) is 44.3. The molecular formula is C27H31N3O3. The summed E-state index contributed by atoms with van der Waals surface area (Å²) in [5.74, 6) is -0.491. The molecule has 6 heteroatoms. The lowest BCUT2D eigenvalue weighted by molar-refractivity contribution is -0.122. The molecule has 0 N–H and O–H groups in total. The number of carbonyl (C=O) groups excluding carboxylic acids is 3. The first kappa shape index (κ1) is 21.7. The van der Waals surface area contributed by atoms with Crippen LogP contribution < -0.4 is 9.80 Å². The summed E-state index contributed by atoms with van der Waals surface area (Å²) in [6.45, 7) is 7.20. The van der Waals surface area contributed by atoms with Gasteiger partial charge in [0.25, 0.3) is 5.91 Å². The molecule has 2 aliphatic heterocycles. The van der Waals surface area contributed by atoms with Crippen molar-refractivity contribution in [3.05, 3.63) is 59.2 Å². The van der Waals surface area contributed by atoms with Gasteiger partial charge >= 0.3 is 0 Å². The van der Waals surface area contributed by atoms with Crippen LogP contribution in [0.5, 0.6) is 0 Å². The van der Waals surface area contributed by atoms with Crippen LogP contribution in [-0.2, 0) is 9.59 Å². The third-order valence-electron chi connectivity index (χ3n) is 7.70. The fraction of sp³-hybridized carbons (Fsp3) is 0.444. The summed E-state index contributed by atoms with van der Waals surface area (Å²) >= 11 is 0. The number of anilines is 2. The Balaban J connectivity index is 1.25. The minimum absolute atomic E-state index is 0.00471. The van der Waals surface area contributed by atoms with Gasteiger partial charge in [0.1, 0.15) is 0 Å². The highest BCUT2D eigenvalue weighted by molar-refractivity contribution is 6.22. The molecule has 3 fully saturated rings. The van der Waals surface area contributed by atoms with Gasteiger partial charge in [-0.25, -0.2) is 0 Å². The molecule has 0 radical (unpaired) electrons. The van der Waals surface area contributed by atoms with Crippen molar-refractivity contribution in [2.24, 2.45) is 11.8 Å². The van der Waals surface area contributed by atoms with Gasteiger partial charge in [-0.15, -0.1) is 0 Å². The fourth-order valence-corrected chi connectivity index (χ4v) is 5.58. The molecule has 1 aliphatic carbocycles. The first-order chi connectivity index (χ1) is 16.0. The number of nitrogens with zero attached hydrogens (tertiary/aromatic N) is 3. The van der Waals surface area contributed by atoms with Crippen LogP contribution in [0.3, 0.4) is 0 Å². The zero-order valence-corrected chi connectivity index (χ0v) is 19.4. The van der Waals surface area contributed by atoms with E-state index in [1.807, 2.05) is 4.90 Å². The highest BCUT2D eigenvalue weighted by atomic mass is 16.2. The topological polar surface area (TPSA) is 60.9 Å². The molecule has 5 rings (SSSR count). The molecule has 172 valence electrons. The molecule has 6 nitrogen and oxygen atoms in total. The van der Waals surface area contributed by atoms with Gasteiger partial charge in [0.2, 0.25) is 11.8 Å². The van der Waals surface area contributed by atoms with Crippen LogP contribution in [0.15, 0.2) is 42.5 Å². The predicted molar refractivity (Wildman–Crippen MR) is 128 cm³/mol. The molecular weight excluding hydrogens is 414 g/mol. The summed E-state index contributed by atoms with van der Waals surface area (Å²) in [7, 11) is 0. The van der Waals surface area contributed by atoms with Gasteiger partial charge in [-0.1, -0.05) is 25.0 Å². The Labute approximate surface area is 195 Å². The van der Waals surface area contributed by atoms with E-state index in [1.54, 1.807) is 24.3 Å². The van der Waals surface area contributed by atoms with E-state index in [0.29, 0.717) is 24.3 Å². The molecule has 2 saturated heterocycles. The van der Waals surface area contributed by atoms with Crippen LogP contribution >= 0.6 is 0 Å². The minimum atomic E-state index is -0.166. The average molecular weight is 446 g/mol. The highest BCUT2D eigenvalue weighted by Gasteiger charge is 2.48. The molecule has 3 aliphatic rings. The van der Waals surface area contributed by atoms with Crippen molar-refractivity contribution >= 4 is 29.1 Å². The maximum Gasteiger partial charge on any atom is 0.253 e. The summed E-state index contributed by atoms with van der Waals surface area (Å²) in [5, 5.41) is 0. The highest BCUT2D eigenvalue weighted by Crippen LogP contribution is 2.40. The van der Waals surface area contributed by atoms with E-state index in [-0.39, 0.29) is 29.6 Å².